The summed E-state index contributed by atoms with van der Waals surface area (Å²) in [6.45, 7) is 1.22. The first-order valence-electron chi connectivity index (χ1n) is 3.99. The Hall–Kier alpha value is -1.59. The highest BCUT2D eigenvalue weighted by molar-refractivity contribution is 7.89. The van der Waals surface area contributed by atoms with Gasteiger partial charge in [0.25, 0.3) is 16.4 Å². The van der Waals surface area contributed by atoms with E-state index in [2.05, 4.69) is 4.98 Å². The maximum absolute atomic E-state index is 12.4. The zero-order chi connectivity index (χ0) is 12.5. The fraction of sp³-hybridized carbons (Fsp3) is 0.250. The van der Waals surface area contributed by atoms with Crippen molar-refractivity contribution in [2.45, 2.75) is 18.4 Å². The van der Waals surface area contributed by atoms with Gasteiger partial charge in [-0.1, -0.05) is 0 Å². The number of aromatic nitrogens is 1. The van der Waals surface area contributed by atoms with Gasteiger partial charge in [-0.05, 0) is 12.5 Å². The highest BCUT2D eigenvalue weighted by Gasteiger charge is 2.22. The minimum Gasteiger partial charge on any atom is -0.242 e. The second-order valence-electron chi connectivity index (χ2n) is 2.98. The largest absolute Gasteiger partial charge is 0.265 e. The van der Waals surface area contributed by atoms with Gasteiger partial charge in [0.2, 0.25) is 0 Å². The molecule has 0 unspecified atom stereocenters. The van der Waals surface area contributed by atoms with E-state index < -0.39 is 32.6 Å². The molecule has 1 aromatic heterocycles. The zero-order valence-corrected chi connectivity index (χ0v) is 8.92. The molecule has 2 N–H and O–H groups in total. The molecular formula is C8H7F2N3O2S. The number of nitrogens with two attached hydrogens (primary N) is 1. The smallest absolute Gasteiger partial charge is 0.242 e. The first kappa shape index (κ1) is 12.5. The van der Waals surface area contributed by atoms with Crippen LogP contribution in [-0.2, 0) is 10.0 Å². The van der Waals surface area contributed by atoms with Crippen LogP contribution in [0.4, 0.5) is 8.78 Å². The Morgan fingerprint density at radius 2 is 2.12 bits per heavy atom. The number of nitrogens with zero attached hydrogens (tertiary/aromatic N) is 2. The summed E-state index contributed by atoms with van der Waals surface area (Å²) in [4.78, 5) is 3.29. The SMILES string of the molecule is Cc1c(C(F)F)cnc(S(N)(=O)=O)c1C#N. The topological polar surface area (TPSA) is 96.8 Å². The molecule has 8 heteroatoms. The van der Waals surface area contributed by atoms with Crippen molar-refractivity contribution in [2.75, 3.05) is 0 Å². The van der Waals surface area contributed by atoms with Gasteiger partial charge in [0.1, 0.15) is 6.07 Å². The molecule has 0 saturated carbocycles. The van der Waals surface area contributed by atoms with Crippen LogP contribution in [0.5, 0.6) is 0 Å². The van der Waals surface area contributed by atoms with Crippen LogP contribution in [0.3, 0.4) is 0 Å². The van der Waals surface area contributed by atoms with Gasteiger partial charge in [0.05, 0.1) is 5.56 Å². The van der Waals surface area contributed by atoms with Crippen molar-refractivity contribution in [3.63, 3.8) is 0 Å². The van der Waals surface area contributed by atoms with E-state index >= 15 is 0 Å². The molecule has 0 bridgehead atoms. The lowest BCUT2D eigenvalue weighted by Crippen LogP contribution is -2.17. The third-order valence-electron chi connectivity index (χ3n) is 1.96. The van der Waals surface area contributed by atoms with Crippen molar-refractivity contribution in [2.24, 2.45) is 5.14 Å². The van der Waals surface area contributed by atoms with Crippen molar-refractivity contribution in [1.82, 2.24) is 4.98 Å². The summed E-state index contributed by atoms with van der Waals surface area (Å²) >= 11 is 0. The lowest BCUT2D eigenvalue weighted by molar-refractivity contribution is 0.150. The van der Waals surface area contributed by atoms with E-state index in [1.54, 1.807) is 0 Å². The number of primary sulfonamides is 1. The molecule has 0 fully saturated rings. The van der Waals surface area contributed by atoms with Gasteiger partial charge in [-0.15, -0.1) is 0 Å². The van der Waals surface area contributed by atoms with Crippen molar-refractivity contribution in [3.8, 4) is 6.07 Å². The lowest BCUT2D eigenvalue weighted by atomic mass is 10.1. The van der Waals surface area contributed by atoms with Crippen molar-refractivity contribution in [3.05, 3.63) is 22.9 Å². The Bertz CT molecular complexity index is 563. The third-order valence-corrected chi connectivity index (χ3v) is 2.81. The third kappa shape index (κ3) is 2.15. The molecule has 0 saturated heterocycles. The number of alkyl halides is 2. The predicted molar refractivity (Wildman–Crippen MR) is 50.0 cm³/mol. The van der Waals surface area contributed by atoms with Gasteiger partial charge >= 0.3 is 0 Å². The maximum Gasteiger partial charge on any atom is 0.265 e. The van der Waals surface area contributed by atoms with Gasteiger partial charge in [0.15, 0.2) is 5.03 Å². The first-order chi connectivity index (χ1) is 7.29. The summed E-state index contributed by atoms with van der Waals surface area (Å²) in [5.74, 6) is 0. The Morgan fingerprint density at radius 1 is 1.56 bits per heavy atom. The lowest BCUT2D eigenvalue weighted by Gasteiger charge is -2.08. The van der Waals surface area contributed by atoms with Gasteiger partial charge in [-0.2, -0.15) is 5.26 Å². The number of sulfonamides is 1. The van der Waals surface area contributed by atoms with Crippen LogP contribution in [0.2, 0.25) is 0 Å². The minimum atomic E-state index is -4.19. The molecule has 16 heavy (non-hydrogen) atoms. The fourth-order valence-electron chi connectivity index (χ4n) is 1.16. The number of hydrogen-bond donors (Lipinski definition) is 1. The quantitative estimate of drug-likeness (QED) is 0.837. The molecule has 1 aromatic rings. The molecule has 86 valence electrons. The normalized spacial score (nSPS) is 11.5. The van der Waals surface area contributed by atoms with E-state index in [0.717, 1.165) is 0 Å². The van der Waals surface area contributed by atoms with Crippen LogP contribution in [0.15, 0.2) is 11.2 Å². The zero-order valence-electron chi connectivity index (χ0n) is 8.11. The molecular weight excluding hydrogens is 240 g/mol. The molecule has 1 heterocycles. The highest BCUT2D eigenvalue weighted by Crippen LogP contribution is 2.26. The Morgan fingerprint density at radius 3 is 2.50 bits per heavy atom. The molecule has 0 spiro atoms. The van der Waals surface area contributed by atoms with Gasteiger partial charge in [-0.25, -0.2) is 27.3 Å². The Balaban J connectivity index is 3.62. The monoisotopic (exact) mass is 247 g/mol. The summed E-state index contributed by atoms with van der Waals surface area (Å²) in [7, 11) is -4.19. The van der Waals surface area contributed by atoms with E-state index in [1.807, 2.05) is 0 Å². The van der Waals surface area contributed by atoms with Crippen LogP contribution < -0.4 is 5.14 Å². The van der Waals surface area contributed by atoms with Crippen molar-refractivity contribution < 1.29 is 17.2 Å². The van der Waals surface area contributed by atoms with Crippen molar-refractivity contribution >= 4 is 10.0 Å². The molecule has 0 aliphatic heterocycles. The summed E-state index contributed by atoms with van der Waals surface area (Å²) < 4.78 is 46.9. The second kappa shape index (κ2) is 4.11. The number of halogens is 2. The molecule has 0 radical (unpaired) electrons. The Labute approximate surface area is 90.6 Å². The number of nitriles is 1. The molecule has 0 amide bonds. The van der Waals surface area contributed by atoms with Gasteiger partial charge < -0.3 is 0 Å². The molecule has 1 rings (SSSR count). The standard InChI is InChI=1S/C8H7F2N3O2S/c1-4-5(2-11)8(16(12,14)15)13-3-6(4)7(9)10/h3,7H,1H3,(H2,12,14,15). The molecule has 0 aliphatic carbocycles. The molecule has 0 aliphatic rings. The van der Waals surface area contributed by atoms with Crippen LogP contribution in [0.1, 0.15) is 23.1 Å². The summed E-state index contributed by atoms with van der Waals surface area (Å²) in [6, 6.07) is 1.51. The number of hydrogen-bond acceptors (Lipinski definition) is 4. The van der Waals surface area contributed by atoms with Crippen molar-refractivity contribution in [1.29, 1.82) is 5.26 Å². The van der Waals surface area contributed by atoms with Crippen LogP contribution >= 0.6 is 0 Å². The average molecular weight is 247 g/mol. The van der Waals surface area contributed by atoms with E-state index in [-0.39, 0.29) is 5.56 Å². The highest BCUT2D eigenvalue weighted by atomic mass is 32.2. The number of rotatable bonds is 2. The molecule has 0 aromatic carbocycles. The molecule has 5 nitrogen and oxygen atoms in total. The van der Waals surface area contributed by atoms with Gasteiger partial charge in [0, 0.05) is 11.8 Å². The molecule has 0 atom stereocenters. The van der Waals surface area contributed by atoms with Crippen LogP contribution in [0.25, 0.3) is 0 Å². The van der Waals surface area contributed by atoms with E-state index in [9.17, 15) is 17.2 Å². The second-order valence-corrected chi connectivity index (χ2v) is 4.45. The summed E-state index contributed by atoms with van der Waals surface area (Å²) in [6.07, 6.45) is -2.12. The maximum atomic E-state index is 12.4. The summed E-state index contributed by atoms with van der Waals surface area (Å²) in [5.41, 5.74) is -1.05. The fourth-order valence-corrected chi connectivity index (χ4v) is 1.84. The van der Waals surface area contributed by atoms with E-state index in [4.69, 9.17) is 10.4 Å². The van der Waals surface area contributed by atoms with Crippen LogP contribution in [-0.4, -0.2) is 13.4 Å². The minimum absolute atomic E-state index is 0.128. The first-order valence-corrected chi connectivity index (χ1v) is 5.54. The summed E-state index contributed by atoms with van der Waals surface area (Å²) in [5, 5.41) is 12.8. The number of pyridine rings is 1. The average Bonchev–Trinajstić information content (AvgIpc) is 2.15. The van der Waals surface area contributed by atoms with Gasteiger partial charge in [-0.3, -0.25) is 0 Å². The van der Waals surface area contributed by atoms with Crippen LogP contribution in [0, 0.1) is 18.3 Å². The predicted octanol–water partition coefficient (Wildman–Crippen LogP) is 0.847. The van der Waals surface area contributed by atoms with E-state index in [0.29, 0.717) is 6.20 Å². The Kier molecular flexibility index (Phi) is 3.21. The van der Waals surface area contributed by atoms with E-state index in [1.165, 1.54) is 13.0 Å².